The number of carbonyl (C=O) groups excluding carboxylic acids is 1. The summed E-state index contributed by atoms with van der Waals surface area (Å²) in [5.74, 6) is -0.350. The third-order valence-electron chi connectivity index (χ3n) is 5.96. The Morgan fingerprint density at radius 2 is 1.76 bits per heavy atom. The molecular weight excluding hydrogens is 441 g/mol. The lowest BCUT2D eigenvalue weighted by Crippen LogP contribution is -2.29. The first kappa shape index (κ1) is 21.5. The quantitative estimate of drug-likeness (QED) is 0.474. The Labute approximate surface area is 193 Å². The van der Waals surface area contributed by atoms with Gasteiger partial charge >= 0.3 is 0 Å². The molecule has 0 saturated heterocycles. The fourth-order valence-corrected chi connectivity index (χ4v) is 4.29. The molecular formula is C26H20FNO6. The van der Waals surface area contributed by atoms with Gasteiger partial charge in [0.2, 0.25) is 5.76 Å². The van der Waals surface area contributed by atoms with Crippen molar-refractivity contribution in [3.05, 3.63) is 99.2 Å². The summed E-state index contributed by atoms with van der Waals surface area (Å²) in [4.78, 5) is 28.5. The van der Waals surface area contributed by atoms with Crippen LogP contribution in [0, 0.1) is 5.82 Å². The van der Waals surface area contributed by atoms with Crippen LogP contribution in [0.25, 0.3) is 11.0 Å². The third kappa shape index (κ3) is 3.44. The Balaban J connectivity index is 1.71. The van der Waals surface area contributed by atoms with Crippen LogP contribution in [0.4, 0.5) is 4.39 Å². The topological polar surface area (TPSA) is 89.2 Å². The first-order chi connectivity index (χ1) is 16.4. The van der Waals surface area contributed by atoms with Crippen LogP contribution in [0.2, 0.25) is 0 Å². The Hall–Kier alpha value is -4.33. The van der Waals surface area contributed by atoms with E-state index >= 15 is 0 Å². The van der Waals surface area contributed by atoms with E-state index < -0.39 is 23.2 Å². The van der Waals surface area contributed by atoms with Crippen molar-refractivity contribution in [2.24, 2.45) is 0 Å². The van der Waals surface area contributed by atoms with Gasteiger partial charge in [-0.3, -0.25) is 9.59 Å². The first-order valence-electron chi connectivity index (χ1n) is 10.5. The van der Waals surface area contributed by atoms with Crippen LogP contribution in [0.5, 0.6) is 17.2 Å². The number of fused-ring (bicyclic) bond motifs is 2. The first-order valence-corrected chi connectivity index (χ1v) is 10.5. The van der Waals surface area contributed by atoms with E-state index in [2.05, 4.69) is 0 Å². The standard InChI is InChI=1S/C26H20FNO6/c1-32-17-7-3-14(4-8-17)13-28-23(15-5-9-19(29)21(11-15)33-2)22-24(30)18-12-16(27)6-10-20(18)34-25(22)26(28)31/h3-12,23,29H,13H2,1-2H3/t23-/m1/s1. The largest absolute Gasteiger partial charge is 0.504 e. The summed E-state index contributed by atoms with van der Waals surface area (Å²) in [6.07, 6.45) is 0. The van der Waals surface area contributed by atoms with E-state index in [0.29, 0.717) is 11.3 Å². The highest BCUT2D eigenvalue weighted by atomic mass is 19.1. The smallest absolute Gasteiger partial charge is 0.291 e. The number of amides is 1. The lowest BCUT2D eigenvalue weighted by atomic mass is 9.97. The maximum absolute atomic E-state index is 13.9. The second kappa shape index (κ2) is 8.22. The minimum absolute atomic E-state index is 0.0496. The van der Waals surface area contributed by atoms with E-state index in [-0.39, 0.29) is 40.3 Å². The number of rotatable bonds is 5. The zero-order valence-corrected chi connectivity index (χ0v) is 18.4. The van der Waals surface area contributed by atoms with Crippen LogP contribution >= 0.6 is 0 Å². The van der Waals surface area contributed by atoms with Crippen LogP contribution in [0.1, 0.15) is 33.3 Å². The molecule has 0 bridgehead atoms. The Kier molecular flexibility index (Phi) is 5.20. The van der Waals surface area contributed by atoms with E-state index in [9.17, 15) is 19.1 Å². The molecule has 0 spiro atoms. The van der Waals surface area contributed by atoms with E-state index in [0.717, 1.165) is 11.6 Å². The van der Waals surface area contributed by atoms with E-state index in [1.165, 1.54) is 30.2 Å². The normalized spacial score (nSPS) is 15.0. The molecule has 0 radical (unpaired) electrons. The zero-order chi connectivity index (χ0) is 24.0. The second-order valence-corrected chi connectivity index (χ2v) is 7.93. The molecule has 0 fully saturated rings. The fourth-order valence-electron chi connectivity index (χ4n) is 4.29. The van der Waals surface area contributed by atoms with E-state index in [4.69, 9.17) is 13.9 Å². The van der Waals surface area contributed by atoms with Crippen LogP contribution in [-0.4, -0.2) is 30.1 Å². The summed E-state index contributed by atoms with van der Waals surface area (Å²) in [7, 11) is 2.97. The lowest BCUT2D eigenvalue weighted by Gasteiger charge is -2.25. The minimum atomic E-state index is -0.831. The number of hydrogen-bond acceptors (Lipinski definition) is 6. The molecule has 1 aromatic heterocycles. The number of hydrogen-bond donors (Lipinski definition) is 1. The highest BCUT2D eigenvalue weighted by molar-refractivity contribution is 5.99. The molecule has 2 heterocycles. The molecule has 1 amide bonds. The molecule has 3 aromatic carbocycles. The maximum Gasteiger partial charge on any atom is 0.291 e. The van der Waals surface area contributed by atoms with Crippen molar-refractivity contribution < 1.29 is 28.2 Å². The van der Waals surface area contributed by atoms with Gasteiger partial charge in [-0.25, -0.2) is 4.39 Å². The molecule has 0 saturated carbocycles. The van der Waals surface area contributed by atoms with Gasteiger partial charge in [-0.15, -0.1) is 0 Å². The van der Waals surface area contributed by atoms with Gasteiger partial charge in [0.1, 0.15) is 17.1 Å². The monoisotopic (exact) mass is 461 g/mol. The number of aromatic hydroxyl groups is 1. The number of nitrogens with zero attached hydrogens (tertiary/aromatic N) is 1. The molecule has 1 atom stereocenters. The predicted octanol–water partition coefficient (Wildman–Crippen LogP) is 4.40. The maximum atomic E-state index is 13.9. The highest BCUT2D eigenvalue weighted by Gasteiger charge is 2.43. The molecule has 172 valence electrons. The average molecular weight is 461 g/mol. The average Bonchev–Trinajstić information content (AvgIpc) is 3.12. The molecule has 34 heavy (non-hydrogen) atoms. The second-order valence-electron chi connectivity index (χ2n) is 7.93. The van der Waals surface area contributed by atoms with Gasteiger partial charge in [-0.1, -0.05) is 18.2 Å². The van der Waals surface area contributed by atoms with Crippen LogP contribution in [0.15, 0.2) is 69.9 Å². The molecule has 0 unspecified atom stereocenters. The number of phenolic OH excluding ortho intramolecular Hbond substituents is 1. The summed E-state index contributed by atoms with van der Waals surface area (Å²) in [5.41, 5.74) is 1.11. The van der Waals surface area contributed by atoms with Crippen LogP contribution in [0.3, 0.4) is 0 Å². The Bertz CT molecular complexity index is 1480. The molecule has 4 aromatic rings. The Morgan fingerprint density at radius 1 is 1.00 bits per heavy atom. The summed E-state index contributed by atoms with van der Waals surface area (Å²) < 4.78 is 30.2. The molecule has 8 heteroatoms. The van der Waals surface area contributed by atoms with Crippen LogP contribution in [-0.2, 0) is 6.54 Å². The molecule has 0 aliphatic carbocycles. The van der Waals surface area contributed by atoms with Crippen LogP contribution < -0.4 is 14.9 Å². The number of phenols is 1. The highest BCUT2D eigenvalue weighted by Crippen LogP contribution is 2.41. The van der Waals surface area contributed by atoms with E-state index in [1.807, 2.05) is 12.1 Å². The van der Waals surface area contributed by atoms with Gasteiger partial charge in [0, 0.05) is 6.54 Å². The van der Waals surface area contributed by atoms with Gasteiger partial charge in [-0.2, -0.15) is 0 Å². The van der Waals surface area contributed by atoms with Crippen molar-refractivity contribution >= 4 is 16.9 Å². The van der Waals surface area contributed by atoms with Crippen molar-refractivity contribution in [1.82, 2.24) is 4.90 Å². The van der Waals surface area contributed by atoms with Crippen molar-refractivity contribution in [2.75, 3.05) is 14.2 Å². The summed E-state index contributed by atoms with van der Waals surface area (Å²) >= 11 is 0. The summed E-state index contributed by atoms with van der Waals surface area (Å²) in [6, 6.07) is 14.6. The summed E-state index contributed by atoms with van der Waals surface area (Å²) in [6.45, 7) is 0.172. The number of benzene rings is 3. The van der Waals surface area contributed by atoms with Gasteiger partial charge in [-0.05, 0) is 53.6 Å². The van der Waals surface area contributed by atoms with Crippen molar-refractivity contribution in [1.29, 1.82) is 0 Å². The molecule has 1 N–H and O–H groups in total. The fraction of sp³-hybridized carbons (Fsp3) is 0.154. The number of carbonyl (C=O) groups is 1. The molecule has 5 rings (SSSR count). The number of methoxy groups -OCH3 is 2. The van der Waals surface area contributed by atoms with Crippen molar-refractivity contribution in [3.8, 4) is 17.2 Å². The predicted molar refractivity (Wildman–Crippen MR) is 122 cm³/mol. The van der Waals surface area contributed by atoms with E-state index in [1.54, 1.807) is 31.4 Å². The number of ether oxygens (including phenoxy) is 2. The number of halogens is 1. The lowest BCUT2D eigenvalue weighted by molar-refractivity contribution is 0.0714. The van der Waals surface area contributed by atoms with Gasteiger partial charge in [0.15, 0.2) is 16.9 Å². The Morgan fingerprint density at radius 3 is 2.47 bits per heavy atom. The zero-order valence-electron chi connectivity index (χ0n) is 18.4. The van der Waals surface area contributed by atoms with Crippen molar-refractivity contribution in [3.63, 3.8) is 0 Å². The molecule has 1 aliphatic rings. The van der Waals surface area contributed by atoms with Gasteiger partial charge in [0.25, 0.3) is 5.91 Å². The SMILES string of the molecule is COc1ccc(CN2C(=O)c3oc4ccc(F)cc4c(=O)c3[C@H]2c2ccc(O)c(OC)c2)cc1. The minimum Gasteiger partial charge on any atom is -0.504 e. The van der Waals surface area contributed by atoms with Gasteiger partial charge < -0.3 is 23.9 Å². The van der Waals surface area contributed by atoms with Crippen molar-refractivity contribution in [2.45, 2.75) is 12.6 Å². The summed E-state index contributed by atoms with van der Waals surface area (Å²) in [5, 5.41) is 10.1. The van der Waals surface area contributed by atoms with Gasteiger partial charge in [0.05, 0.1) is 31.2 Å². The molecule has 7 nitrogen and oxygen atoms in total. The third-order valence-corrected chi connectivity index (χ3v) is 5.96. The molecule has 1 aliphatic heterocycles.